The van der Waals surface area contributed by atoms with Gasteiger partial charge in [-0.15, -0.1) is 0 Å². The highest BCUT2D eigenvalue weighted by atomic mass is 19.1. The quantitative estimate of drug-likeness (QED) is 0.866. The summed E-state index contributed by atoms with van der Waals surface area (Å²) >= 11 is 0. The van der Waals surface area contributed by atoms with E-state index >= 15 is 0 Å². The van der Waals surface area contributed by atoms with E-state index < -0.39 is 11.8 Å². The first-order valence-corrected chi connectivity index (χ1v) is 5.02. The van der Waals surface area contributed by atoms with E-state index in [1.165, 1.54) is 12.1 Å². The van der Waals surface area contributed by atoms with Gasteiger partial charge in [0.05, 0.1) is 11.3 Å². The summed E-state index contributed by atoms with van der Waals surface area (Å²) in [4.78, 5) is 10.8. The van der Waals surface area contributed by atoms with Gasteiger partial charge in [-0.25, -0.2) is 9.18 Å². The average molecular weight is 234 g/mol. The first-order chi connectivity index (χ1) is 7.99. The summed E-state index contributed by atoms with van der Waals surface area (Å²) < 4.78 is 15.2. The van der Waals surface area contributed by atoms with E-state index in [9.17, 15) is 9.18 Å². The molecule has 1 aromatic carbocycles. The normalized spacial score (nSPS) is 10.5. The highest BCUT2D eigenvalue weighted by molar-refractivity contribution is 5.89. The molecule has 1 heterocycles. The summed E-state index contributed by atoms with van der Waals surface area (Å²) in [5.74, 6) is -1.53. The Morgan fingerprint density at radius 3 is 2.65 bits per heavy atom. The Balaban J connectivity index is 2.62. The number of rotatable bonds is 2. The molecular weight excluding hydrogens is 223 g/mol. The molecule has 1 aromatic heterocycles. The van der Waals surface area contributed by atoms with Crippen molar-refractivity contribution < 1.29 is 14.3 Å². The molecule has 2 rings (SSSR count). The molecule has 0 atom stereocenters. The van der Waals surface area contributed by atoms with Crippen molar-refractivity contribution in [1.29, 1.82) is 0 Å². The number of halogens is 1. The van der Waals surface area contributed by atoms with Gasteiger partial charge in [0, 0.05) is 24.4 Å². The second-order valence-corrected chi connectivity index (χ2v) is 3.80. The molecular formula is C12H11FN2O2. The standard InChI is InChI=1S/C12H11FN2O2/c1-7-10(6-15(2)14-7)9-5-8(12(16)17)3-4-11(9)13/h3-6H,1-2H3,(H,16,17). The van der Waals surface area contributed by atoms with Crippen LogP contribution in [-0.4, -0.2) is 20.9 Å². The van der Waals surface area contributed by atoms with Crippen LogP contribution >= 0.6 is 0 Å². The smallest absolute Gasteiger partial charge is 0.335 e. The maximum atomic E-state index is 13.7. The lowest BCUT2D eigenvalue weighted by atomic mass is 10.0. The van der Waals surface area contributed by atoms with Crippen LogP contribution in [0.2, 0.25) is 0 Å². The van der Waals surface area contributed by atoms with Crippen molar-refractivity contribution in [1.82, 2.24) is 9.78 Å². The summed E-state index contributed by atoms with van der Waals surface area (Å²) in [7, 11) is 1.73. The van der Waals surface area contributed by atoms with Crippen LogP contribution in [0.4, 0.5) is 4.39 Å². The van der Waals surface area contributed by atoms with Crippen LogP contribution in [0, 0.1) is 12.7 Å². The van der Waals surface area contributed by atoms with Gasteiger partial charge in [-0.1, -0.05) is 0 Å². The second-order valence-electron chi connectivity index (χ2n) is 3.80. The van der Waals surface area contributed by atoms with Gasteiger partial charge >= 0.3 is 5.97 Å². The van der Waals surface area contributed by atoms with E-state index in [1.807, 2.05) is 0 Å². The lowest BCUT2D eigenvalue weighted by molar-refractivity contribution is 0.0697. The number of hydrogen-bond acceptors (Lipinski definition) is 2. The van der Waals surface area contributed by atoms with Gasteiger partial charge < -0.3 is 5.11 Å². The van der Waals surface area contributed by atoms with Crippen LogP contribution in [0.5, 0.6) is 0 Å². The minimum atomic E-state index is -1.08. The topological polar surface area (TPSA) is 55.1 Å². The molecule has 0 radical (unpaired) electrons. The average Bonchev–Trinajstić information content (AvgIpc) is 2.58. The zero-order valence-electron chi connectivity index (χ0n) is 9.44. The number of hydrogen-bond donors (Lipinski definition) is 1. The Kier molecular flexibility index (Phi) is 2.67. The van der Waals surface area contributed by atoms with E-state index in [2.05, 4.69) is 5.10 Å². The maximum absolute atomic E-state index is 13.7. The van der Waals surface area contributed by atoms with E-state index in [0.717, 1.165) is 6.07 Å². The fourth-order valence-corrected chi connectivity index (χ4v) is 1.73. The lowest BCUT2D eigenvalue weighted by Crippen LogP contribution is -1.97. The Morgan fingerprint density at radius 2 is 2.12 bits per heavy atom. The second kappa shape index (κ2) is 4.01. The summed E-state index contributed by atoms with van der Waals surface area (Å²) in [6.07, 6.45) is 1.67. The van der Waals surface area contributed by atoms with Crippen LogP contribution in [0.15, 0.2) is 24.4 Å². The summed E-state index contributed by atoms with van der Waals surface area (Å²) in [5, 5.41) is 13.0. The predicted molar refractivity (Wildman–Crippen MR) is 60.3 cm³/mol. The Hall–Kier alpha value is -2.17. The fraction of sp³-hybridized carbons (Fsp3) is 0.167. The molecule has 88 valence electrons. The van der Waals surface area contributed by atoms with Crippen LogP contribution in [0.25, 0.3) is 11.1 Å². The number of carbonyl (C=O) groups is 1. The molecule has 0 aliphatic heterocycles. The first-order valence-electron chi connectivity index (χ1n) is 5.02. The number of carboxylic acids is 1. The van der Waals surface area contributed by atoms with Gasteiger partial charge in [-0.3, -0.25) is 4.68 Å². The molecule has 0 saturated carbocycles. The zero-order valence-corrected chi connectivity index (χ0v) is 9.44. The van der Waals surface area contributed by atoms with Crippen molar-refractivity contribution in [3.05, 3.63) is 41.5 Å². The SMILES string of the molecule is Cc1nn(C)cc1-c1cc(C(=O)O)ccc1F. The largest absolute Gasteiger partial charge is 0.478 e. The highest BCUT2D eigenvalue weighted by Gasteiger charge is 2.13. The van der Waals surface area contributed by atoms with Crippen molar-refractivity contribution >= 4 is 5.97 Å². The molecule has 2 aromatic rings. The molecule has 17 heavy (non-hydrogen) atoms. The third-order valence-electron chi connectivity index (χ3n) is 2.52. The third-order valence-corrected chi connectivity index (χ3v) is 2.52. The maximum Gasteiger partial charge on any atom is 0.335 e. The molecule has 0 saturated heterocycles. The molecule has 0 aliphatic rings. The number of nitrogens with zero attached hydrogens (tertiary/aromatic N) is 2. The predicted octanol–water partition coefficient (Wildman–Crippen LogP) is 2.23. The van der Waals surface area contributed by atoms with Crippen LogP contribution in [-0.2, 0) is 7.05 Å². The molecule has 5 heteroatoms. The van der Waals surface area contributed by atoms with Crippen molar-refractivity contribution in [3.8, 4) is 11.1 Å². The van der Waals surface area contributed by atoms with Crippen LogP contribution in [0.1, 0.15) is 16.1 Å². The van der Waals surface area contributed by atoms with E-state index in [0.29, 0.717) is 11.3 Å². The van der Waals surface area contributed by atoms with Crippen molar-refractivity contribution in [2.75, 3.05) is 0 Å². The molecule has 0 bridgehead atoms. The van der Waals surface area contributed by atoms with Gasteiger partial charge in [0.15, 0.2) is 0 Å². The molecule has 4 nitrogen and oxygen atoms in total. The molecule has 0 aliphatic carbocycles. The number of aryl methyl sites for hydroxylation is 2. The first kappa shape index (κ1) is 11.3. The zero-order chi connectivity index (χ0) is 12.6. The number of aromatic carboxylic acids is 1. The van der Waals surface area contributed by atoms with Gasteiger partial charge in [0.1, 0.15) is 5.82 Å². The third kappa shape index (κ3) is 2.04. The van der Waals surface area contributed by atoms with Crippen molar-refractivity contribution in [2.24, 2.45) is 7.05 Å². The van der Waals surface area contributed by atoms with E-state index in [1.54, 1.807) is 24.9 Å². The van der Waals surface area contributed by atoms with E-state index in [-0.39, 0.29) is 11.1 Å². The number of carboxylic acid groups (broad SMARTS) is 1. The minimum absolute atomic E-state index is 0.0599. The number of aromatic nitrogens is 2. The fourth-order valence-electron chi connectivity index (χ4n) is 1.73. The highest BCUT2D eigenvalue weighted by Crippen LogP contribution is 2.26. The summed E-state index contributed by atoms with van der Waals surface area (Å²) in [6.45, 7) is 1.75. The molecule has 0 unspecified atom stereocenters. The molecule has 1 N–H and O–H groups in total. The van der Waals surface area contributed by atoms with Crippen molar-refractivity contribution in [2.45, 2.75) is 6.92 Å². The summed E-state index contributed by atoms with van der Waals surface area (Å²) in [5.41, 5.74) is 1.59. The van der Waals surface area contributed by atoms with Gasteiger partial charge in [0.2, 0.25) is 0 Å². The lowest BCUT2D eigenvalue weighted by Gasteiger charge is -2.03. The summed E-state index contributed by atoms with van der Waals surface area (Å²) in [6, 6.07) is 3.72. The Morgan fingerprint density at radius 1 is 1.41 bits per heavy atom. The molecule has 0 amide bonds. The van der Waals surface area contributed by atoms with E-state index in [4.69, 9.17) is 5.11 Å². The minimum Gasteiger partial charge on any atom is -0.478 e. The van der Waals surface area contributed by atoms with Gasteiger partial charge in [-0.2, -0.15) is 5.10 Å². The van der Waals surface area contributed by atoms with Gasteiger partial charge in [-0.05, 0) is 25.1 Å². The Bertz CT molecular complexity index is 590. The van der Waals surface area contributed by atoms with Crippen LogP contribution in [0.3, 0.4) is 0 Å². The van der Waals surface area contributed by atoms with Gasteiger partial charge in [0.25, 0.3) is 0 Å². The monoisotopic (exact) mass is 234 g/mol. The Labute approximate surface area is 97.3 Å². The van der Waals surface area contributed by atoms with Crippen molar-refractivity contribution in [3.63, 3.8) is 0 Å². The van der Waals surface area contributed by atoms with Crippen LogP contribution < -0.4 is 0 Å². The number of benzene rings is 1. The molecule has 0 fully saturated rings. The molecule has 0 spiro atoms.